The van der Waals surface area contributed by atoms with E-state index in [1.807, 2.05) is 16.1 Å². The zero-order valence-electron chi connectivity index (χ0n) is 8.84. The van der Waals surface area contributed by atoms with Crippen molar-refractivity contribution in [2.75, 3.05) is 5.73 Å². The number of nitrogens with two attached hydrogens (primary N) is 1. The van der Waals surface area contributed by atoms with Gasteiger partial charge in [0.2, 0.25) is 0 Å². The summed E-state index contributed by atoms with van der Waals surface area (Å²) >= 11 is 1.46. The van der Waals surface area contributed by atoms with Crippen molar-refractivity contribution < 1.29 is 0 Å². The molecule has 15 heavy (non-hydrogen) atoms. The second-order valence-electron chi connectivity index (χ2n) is 3.86. The van der Waals surface area contributed by atoms with E-state index >= 15 is 0 Å². The molecule has 0 amide bonds. The number of hydrogen-bond acceptors (Lipinski definition) is 4. The van der Waals surface area contributed by atoms with Crippen LogP contribution in [0.2, 0.25) is 0 Å². The minimum Gasteiger partial charge on any atom is -0.375 e. The van der Waals surface area contributed by atoms with E-state index in [0.717, 1.165) is 17.9 Å². The minimum absolute atomic E-state index is 0.569. The number of aromatic nitrogens is 3. The second-order valence-corrected chi connectivity index (χ2v) is 4.75. The van der Waals surface area contributed by atoms with Gasteiger partial charge in [-0.3, -0.25) is 4.68 Å². The van der Waals surface area contributed by atoms with Gasteiger partial charge in [0.25, 0.3) is 0 Å². The van der Waals surface area contributed by atoms with Crippen LogP contribution in [0.25, 0.3) is 11.4 Å². The molecule has 2 N–H and O–H groups in total. The van der Waals surface area contributed by atoms with E-state index in [4.69, 9.17) is 5.73 Å². The van der Waals surface area contributed by atoms with Gasteiger partial charge in [0, 0.05) is 18.1 Å². The van der Waals surface area contributed by atoms with E-state index < -0.39 is 0 Å². The number of nitrogen functional groups attached to an aromatic ring is 1. The number of nitrogens with zero attached hydrogens (tertiary/aromatic N) is 3. The number of hydrogen-bond donors (Lipinski definition) is 1. The lowest BCUT2D eigenvalue weighted by Crippen LogP contribution is -2.07. The van der Waals surface area contributed by atoms with Crippen LogP contribution in [0.4, 0.5) is 5.13 Å². The second kappa shape index (κ2) is 4.02. The highest BCUT2D eigenvalue weighted by molar-refractivity contribution is 7.13. The molecule has 80 valence electrons. The fourth-order valence-corrected chi connectivity index (χ4v) is 2.00. The molecule has 0 aliphatic heterocycles. The van der Waals surface area contributed by atoms with Crippen LogP contribution in [0.5, 0.6) is 0 Å². The van der Waals surface area contributed by atoms with Gasteiger partial charge in [-0.2, -0.15) is 5.10 Å². The molecule has 0 aliphatic rings. The van der Waals surface area contributed by atoms with Crippen LogP contribution in [0.3, 0.4) is 0 Å². The Morgan fingerprint density at radius 2 is 2.33 bits per heavy atom. The largest absolute Gasteiger partial charge is 0.375 e. The summed E-state index contributed by atoms with van der Waals surface area (Å²) in [4.78, 5) is 4.26. The van der Waals surface area contributed by atoms with Crippen molar-refractivity contribution in [3.8, 4) is 11.4 Å². The first-order valence-corrected chi connectivity index (χ1v) is 5.78. The predicted octanol–water partition coefficient (Wildman–Crippen LogP) is 2.24. The molecule has 0 bridgehead atoms. The third-order valence-corrected chi connectivity index (χ3v) is 2.71. The van der Waals surface area contributed by atoms with Gasteiger partial charge in [-0.05, 0) is 12.0 Å². The molecule has 0 saturated heterocycles. The van der Waals surface area contributed by atoms with Crippen molar-refractivity contribution in [2.24, 2.45) is 5.92 Å². The molecule has 0 aromatic carbocycles. The first-order valence-electron chi connectivity index (χ1n) is 4.90. The zero-order chi connectivity index (χ0) is 10.8. The molecule has 2 rings (SSSR count). The van der Waals surface area contributed by atoms with Crippen molar-refractivity contribution in [2.45, 2.75) is 20.4 Å². The van der Waals surface area contributed by atoms with E-state index in [1.165, 1.54) is 11.3 Å². The first-order chi connectivity index (χ1) is 7.16. The summed E-state index contributed by atoms with van der Waals surface area (Å²) in [7, 11) is 0. The Kier molecular flexibility index (Phi) is 2.73. The van der Waals surface area contributed by atoms with E-state index in [2.05, 4.69) is 23.9 Å². The molecule has 2 heterocycles. The molecule has 0 saturated carbocycles. The Bertz CT molecular complexity index is 444. The van der Waals surface area contributed by atoms with Gasteiger partial charge in [0.1, 0.15) is 5.69 Å². The molecule has 2 aromatic rings. The maximum Gasteiger partial charge on any atom is 0.180 e. The molecular weight excluding hydrogens is 208 g/mol. The Labute approximate surface area is 92.8 Å². The van der Waals surface area contributed by atoms with Crippen LogP contribution in [0.1, 0.15) is 13.8 Å². The van der Waals surface area contributed by atoms with Gasteiger partial charge in [-0.15, -0.1) is 11.3 Å². The van der Waals surface area contributed by atoms with E-state index in [1.54, 1.807) is 6.20 Å². The van der Waals surface area contributed by atoms with Crippen LogP contribution in [-0.4, -0.2) is 14.8 Å². The lowest BCUT2D eigenvalue weighted by molar-refractivity contribution is 0.487. The fraction of sp³-hybridized carbons (Fsp3) is 0.400. The summed E-state index contributed by atoms with van der Waals surface area (Å²) in [5.74, 6) is 0.569. The van der Waals surface area contributed by atoms with Gasteiger partial charge in [0.05, 0.1) is 5.69 Å². The average molecular weight is 222 g/mol. The third kappa shape index (κ3) is 2.18. The SMILES string of the molecule is CC(C)Cn1nccc1-c1csc(N)n1. The smallest absolute Gasteiger partial charge is 0.180 e. The Morgan fingerprint density at radius 3 is 2.93 bits per heavy atom. The zero-order valence-corrected chi connectivity index (χ0v) is 9.66. The van der Waals surface area contributed by atoms with Crippen LogP contribution in [0, 0.1) is 5.92 Å². The number of anilines is 1. The minimum atomic E-state index is 0.569. The third-order valence-electron chi connectivity index (χ3n) is 2.04. The van der Waals surface area contributed by atoms with E-state index in [9.17, 15) is 0 Å². The Balaban J connectivity index is 2.32. The molecule has 0 unspecified atom stereocenters. The van der Waals surface area contributed by atoms with Gasteiger partial charge >= 0.3 is 0 Å². The van der Waals surface area contributed by atoms with E-state index in [0.29, 0.717) is 11.0 Å². The highest BCUT2D eigenvalue weighted by Crippen LogP contribution is 2.23. The molecule has 0 radical (unpaired) electrons. The molecule has 0 aliphatic carbocycles. The summed E-state index contributed by atoms with van der Waals surface area (Å²) in [6.45, 7) is 5.24. The van der Waals surface area contributed by atoms with Crippen molar-refractivity contribution >= 4 is 16.5 Å². The maximum atomic E-state index is 5.61. The standard InChI is InChI=1S/C10H14N4S/c1-7(2)5-14-9(3-4-12-14)8-6-15-10(11)13-8/h3-4,6-7H,5H2,1-2H3,(H2,11,13). The van der Waals surface area contributed by atoms with Crippen LogP contribution >= 0.6 is 11.3 Å². The van der Waals surface area contributed by atoms with Crippen LogP contribution < -0.4 is 5.73 Å². The van der Waals surface area contributed by atoms with Crippen molar-refractivity contribution in [1.82, 2.24) is 14.8 Å². The Morgan fingerprint density at radius 1 is 1.53 bits per heavy atom. The van der Waals surface area contributed by atoms with Crippen molar-refractivity contribution in [3.63, 3.8) is 0 Å². The summed E-state index contributed by atoms with van der Waals surface area (Å²) in [5, 5.41) is 6.84. The highest BCUT2D eigenvalue weighted by atomic mass is 32.1. The number of rotatable bonds is 3. The summed E-state index contributed by atoms with van der Waals surface area (Å²) in [5.41, 5.74) is 7.56. The normalized spacial score (nSPS) is 11.1. The number of thiazole rings is 1. The van der Waals surface area contributed by atoms with Gasteiger partial charge < -0.3 is 5.73 Å². The molecule has 4 nitrogen and oxygen atoms in total. The van der Waals surface area contributed by atoms with Crippen molar-refractivity contribution in [1.29, 1.82) is 0 Å². The molecule has 0 fully saturated rings. The molecule has 0 atom stereocenters. The first kappa shape index (κ1) is 10.2. The summed E-state index contributed by atoms with van der Waals surface area (Å²) in [6.07, 6.45) is 1.80. The Hall–Kier alpha value is -1.36. The van der Waals surface area contributed by atoms with Gasteiger partial charge in [-0.25, -0.2) is 4.98 Å². The van der Waals surface area contributed by atoms with Gasteiger partial charge in [-0.1, -0.05) is 13.8 Å². The summed E-state index contributed by atoms with van der Waals surface area (Å²) < 4.78 is 1.97. The topological polar surface area (TPSA) is 56.7 Å². The average Bonchev–Trinajstić information content (AvgIpc) is 2.72. The lowest BCUT2D eigenvalue weighted by atomic mass is 10.2. The van der Waals surface area contributed by atoms with Crippen LogP contribution in [-0.2, 0) is 6.54 Å². The predicted molar refractivity (Wildman–Crippen MR) is 62.6 cm³/mol. The maximum absolute atomic E-state index is 5.61. The molecule has 0 spiro atoms. The monoisotopic (exact) mass is 222 g/mol. The lowest BCUT2D eigenvalue weighted by Gasteiger charge is -2.07. The van der Waals surface area contributed by atoms with E-state index in [-0.39, 0.29) is 0 Å². The molecular formula is C10H14N4S. The summed E-state index contributed by atoms with van der Waals surface area (Å²) in [6, 6.07) is 1.97. The van der Waals surface area contributed by atoms with Gasteiger partial charge in [0.15, 0.2) is 5.13 Å². The van der Waals surface area contributed by atoms with Crippen LogP contribution in [0.15, 0.2) is 17.6 Å². The fourth-order valence-electron chi connectivity index (χ4n) is 1.45. The molecule has 2 aromatic heterocycles. The quantitative estimate of drug-likeness (QED) is 0.866. The molecule has 5 heteroatoms. The van der Waals surface area contributed by atoms with Crippen molar-refractivity contribution in [3.05, 3.63) is 17.6 Å². The highest BCUT2D eigenvalue weighted by Gasteiger charge is 2.09.